The summed E-state index contributed by atoms with van der Waals surface area (Å²) in [6.07, 6.45) is 6.18. The van der Waals surface area contributed by atoms with Gasteiger partial charge < -0.3 is 10.8 Å². The van der Waals surface area contributed by atoms with Gasteiger partial charge in [0.1, 0.15) is 0 Å². The van der Waals surface area contributed by atoms with Gasteiger partial charge in [-0.3, -0.25) is 0 Å². The summed E-state index contributed by atoms with van der Waals surface area (Å²) in [7, 11) is 0. The fourth-order valence-corrected chi connectivity index (χ4v) is 2.74. The minimum absolute atomic E-state index is 0.283. The van der Waals surface area contributed by atoms with Crippen molar-refractivity contribution < 1.29 is 5.11 Å². The van der Waals surface area contributed by atoms with Crippen molar-refractivity contribution in [2.75, 3.05) is 6.54 Å². The molecule has 0 bridgehead atoms. The maximum Gasteiger partial charge on any atom is 0.0741 e. The predicted molar refractivity (Wildman–Crippen MR) is 53.2 cm³/mol. The van der Waals surface area contributed by atoms with Crippen LogP contribution in [0.3, 0.4) is 0 Å². The summed E-state index contributed by atoms with van der Waals surface area (Å²) < 4.78 is 0. The lowest BCUT2D eigenvalue weighted by atomic mass is 9.65. The Morgan fingerprint density at radius 2 is 1.85 bits per heavy atom. The van der Waals surface area contributed by atoms with Crippen LogP contribution in [0.15, 0.2) is 0 Å². The summed E-state index contributed by atoms with van der Waals surface area (Å²) in [5, 5.41) is 10.7. The van der Waals surface area contributed by atoms with Gasteiger partial charge >= 0.3 is 0 Å². The largest absolute Gasteiger partial charge is 0.389 e. The van der Waals surface area contributed by atoms with Crippen molar-refractivity contribution in [3.05, 3.63) is 0 Å². The lowest BCUT2D eigenvalue weighted by molar-refractivity contribution is -0.106. The molecule has 3 N–H and O–H groups in total. The van der Waals surface area contributed by atoms with E-state index in [-0.39, 0.29) is 5.92 Å². The Labute approximate surface area is 80.5 Å². The Bertz CT molecular complexity index is 180. The van der Waals surface area contributed by atoms with Crippen molar-refractivity contribution in [3.63, 3.8) is 0 Å². The van der Waals surface area contributed by atoms with E-state index in [9.17, 15) is 5.11 Å². The van der Waals surface area contributed by atoms with E-state index >= 15 is 0 Å². The molecule has 2 aliphatic rings. The monoisotopic (exact) mass is 183 g/mol. The summed E-state index contributed by atoms with van der Waals surface area (Å²) in [6.45, 7) is 2.74. The smallest absolute Gasteiger partial charge is 0.0741 e. The second-order valence-electron chi connectivity index (χ2n) is 4.93. The normalized spacial score (nSPS) is 30.7. The highest BCUT2D eigenvalue weighted by Gasteiger charge is 2.53. The van der Waals surface area contributed by atoms with Crippen molar-refractivity contribution >= 4 is 0 Å². The molecule has 76 valence electrons. The quantitative estimate of drug-likeness (QED) is 0.694. The first-order chi connectivity index (χ1) is 6.19. The molecular weight excluding hydrogens is 162 g/mol. The molecule has 13 heavy (non-hydrogen) atoms. The molecule has 0 saturated heterocycles. The van der Waals surface area contributed by atoms with Crippen molar-refractivity contribution in [3.8, 4) is 0 Å². The highest BCUT2D eigenvalue weighted by molar-refractivity contribution is 5.04. The van der Waals surface area contributed by atoms with Crippen molar-refractivity contribution in [1.29, 1.82) is 0 Å². The Morgan fingerprint density at radius 1 is 1.31 bits per heavy atom. The molecule has 2 saturated carbocycles. The summed E-state index contributed by atoms with van der Waals surface area (Å²) in [6, 6.07) is 0. The summed E-state index contributed by atoms with van der Waals surface area (Å²) in [5.41, 5.74) is 5.27. The van der Waals surface area contributed by atoms with Gasteiger partial charge in [0.2, 0.25) is 0 Å². The third-order valence-corrected chi connectivity index (χ3v) is 4.13. The predicted octanol–water partition coefficient (Wildman–Crippen LogP) is 1.52. The lowest BCUT2D eigenvalue weighted by Crippen LogP contribution is -2.51. The standard InChI is InChI=1S/C11H21NO/c1-8(7-12)11(13,10-5-6-10)9-3-2-4-9/h8-10,13H,2-7,12H2,1H3. The zero-order valence-electron chi connectivity index (χ0n) is 8.50. The number of hydrogen-bond donors (Lipinski definition) is 2. The highest BCUT2D eigenvalue weighted by atomic mass is 16.3. The van der Waals surface area contributed by atoms with Crippen LogP contribution in [0.4, 0.5) is 0 Å². The first-order valence-electron chi connectivity index (χ1n) is 5.62. The van der Waals surface area contributed by atoms with E-state index in [1.165, 1.54) is 32.1 Å². The van der Waals surface area contributed by atoms with Crippen LogP contribution < -0.4 is 5.73 Å². The van der Waals surface area contributed by atoms with E-state index in [4.69, 9.17) is 5.73 Å². The summed E-state index contributed by atoms with van der Waals surface area (Å²) in [5.74, 6) is 1.40. The van der Waals surface area contributed by atoms with E-state index in [1.807, 2.05) is 0 Å². The van der Waals surface area contributed by atoms with Crippen molar-refractivity contribution in [1.82, 2.24) is 0 Å². The summed E-state index contributed by atoms with van der Waals surface area (Å²) >= 11 is 0. The number of nitrogens with two attached hydrogens (primary N) is 1. The zero-order chi connectivity index (χ0) is 9.47. The molecule has 2 rings (SSSR count). The lowest BCUT2D eigenvalue weighted by Gasteiger charge is -2.45. The van der Waals surface area contributed by atoms with Crippen molar-refractivity contribution in [2.24, 2.45) is 23.5 Å². The van der Waals surface area contributed by atoms with Crippen molar-refractivity contribution in [2.45, 2.75) is 44.6 Å². The molecular formula is C11H21NO. The van der Waals surface area contributed by atoms with Gasteiger partial charge in [-0.2, -0.15) is 0 Å². The first-order valence-corrected chi connectivity index (χ1v) is 5.62. The molecule has 2 nitrogen and oxygen atoms in total. The molecule has 0 radical (unpaired) electrons. The van der Waals surface area contributed by atoms with E-state index in [1.54, 1.807) is 0 Å². The average molecular weight is 183 g/mol. The molecule has 0 aromatic carbocycles. The molecule has 2 aliphatic carbocycles. The van der Waals surface area contributed by atoms with E-state index in [0.29, 0.717) is 18.4 Å². The van der Waals surface area contributed by atoms with Gasteiger partial charge in [0.15, 0.2) is 0 Å². The molecule has 0 spiro atoms. The van der Waals surface area contributed by atoms with Gasteiger partial charge in [-0.25, -0.2) is 0 Å². The number of hydrogen-bond acceptors (Lipinski definition) is 2. The molecule has 2 fully saturated rings. The second-order valence-corrected chi connectivity index (χ2v) is 4.93. The average Bonchev–Trinajstić information content (AvgIpc) is 2.81. The minimum Gasteiger partial charge on any atom is -0.389 e. The molecule has 0 aromatic heterocycles. The third-order valence-electron chi connectivity index (χ3n) is 4.13. The van der Waals surface area contributed by atoms with Gasteiger partial charge in [-0.1, -0.05) is 13.3 Å². The molecule has 0 aliphatic heterocycles. The fraction of sp³-hybridized carbons (Fsp3) is 1.00. The van der Waals surface area contributed by atoms with Crippen LogP contribution in [0.2, 0.25) is 0 Å². The van der Waals surface area contributed by atoms with E-state index < -0.39 is 5.60 Å². The van der Waals surface area contributed by atoms with Gasteiger partial charge in [0.05, 0.1) is 5.60 Å². The second kappa shape index (κ2) is 3.25. The fourth-order valence-electron chi connectivity index (χ4n) is 2.74. The van der Waals surface area contributed by atoms with Crippen LogP contribution in [-0.4, -0.2) is 17.3 Å². The Hall–Kier alpha value is -0.0800. The molecule has 2 atom stereocenters. The van der Waals surface area contributed by atoms with Crippen LogP contribution >= 0.6 is 0 Å². The number of aliphatic hydroxyl groups is 1. The third kappa shape index (κ3) is 1.40. The van der Waals surface area contributed by atoms with Gasteiger partial charge in [0, 0.05) is 0 Å². The Kier molecular flexibility index (Phi) is 2.37. The number of rotatable bonds is 4. The van der Waals surface area contributed by atoms with Gasteiger partial charge in [-0.05, 0) is 50.0 Å². The Morgan fingerprint density at radius 3 is 2.15 bits per heavy atom. The highest BCUT2D eigenvalue weighted by Crippen LogP contribution is 2.52. The maximum atomic E-state index is 10.7. The molecule has 0 heterocycles. The topological polar surface area (TPSA) is 46.2 Å². The molecule has 2 heteroatoms. The van der Waals surface area contributed by atoms with E-state index in [2.05, 4.69) is 6.92 Å². The zero-order valence-corrected chi connectivity index (χ0v) is 8.50. The van der Waals surface area contributed by atoms with Crippen LogP contribution in [0.25, 0.3) is 0 Å². The van der Waals surface area contributed by atoms with Crippen LogP contribution in [0.1, 0.15) is 39.0 Å². The Balaban J connectivity index is 2.08. The first kappa shape index (κ1) is 9.47. The maximum absolute atomic E-state index is 10.7. The van der Waals surface area contributed by atoms with Gasteiger partial charge in [-0.15, -0.1) is 0 Å². The van der Waals surface area contributed by atoms with Crippen LogP contribution in [-0.2, 0) is 0 Å². The van der Waals surface area contributed by atoms with E-state index in [0.717, 1.165) is 0 Å². The molecule has 2 unspecified atom stereocenters. The molecule has 0 aromatic rings. The van der Waals surface area contributed by atoms with Crippen LogP contribution in [0.5, 0.6) is 0 Å². The SMILES string of the molecule is CC(CN)C(O)(C1CCC1)C1CC1. The minimum atomic E-state index is -0.410. The molecule has 0 amide bonds. The summed E-state index contributed by atoms with van der Waals surface area (Å²) in [4.78, 5) is 0. The van der Waals surface area contributed by atoms with Crippen LogP contribution in [0, 0.1) is 17.8 Å². The van der Waals surface area contributed by atoms with Gasteiger partial charge in [0.25, 0.3) is 0 Å².